The Balaban J connectivity index is 1.24. The predicted molar refractivity (Wildman–Crippen MR) is 167 cm³/mol. The van der Waals surface area contributed by atoms with Crippen molar-refractivity contribution in [2.75, 3.05) is 0 Å². The third kappa shape index (κ3) is 5.57. The molecule has 0 radical (unpaired) electrons. The van der Waals surface area contributed by atoms with Gasteiger partial charge < -0.3 is 0 Å². The highest BCUT2D eigenvalue weighted by Gasteiger charge is 2.19. The monoisotopic (exact) mass is 520 g/mol. The predicted octanol–water partition coefficient (Wildman–Crippen LogP) is 7.42. The van der Waals surface area contributed by atoms with Crippen LogP contribution < -0.4 is 15.6 Å². The molecule has 0 bridgehead atoms. The van der Waals surface area contributed by atoms with Crippen molar-refractivity contribution in [2.24, 2.45) is 0 Å². The molecule has 1 atom stereocenters. The Morgan fingerprint density at radius 3 is 1.08 bits per heavy atom. The molecule has 0 aliphatic carbocycles. The molecule has 0 fully saturated rings. The molecule has 1 unspecified atom stereocenters. The summed E-state index contributed by atoms with van der Waals surface area (Å²) in [7, 11) is -1.58. The standard InChI is InChI=1S/C36H28SSi/c1-4-10-28(11-5-1)30-16-20-32(21-17-30)37-33-22-26-36(27-23-33)38(34-14-8-3-9-15-34)35-24-18-31(19-25-35)29-12-6-2-7-13-29/h1-27,38H. The third-order valence-corrected chi connectivity index (χ3v) is 11.1. The molecule has 38 heavy (non-hydrogen) atoms. The summed E-state index contributed by atoms with van der Waals surface area (Å²) in [6.45, 7) is 0. The van der Waals surface area contributed by atoms with Gasteiger partial charge >= 0.3 is 0 Å². The highest BCUT2D eigenvalue weighted by atomic mass is 32.2. The minimum absolute atomic E-state index is 1.25. The van der Waals surface area contributed by atoms with E-state index in [1.165, 1.54) is 47.6 Å². The van der Waals surface area contributed by atoms with Crippen molar-refractivity contribution in [1.29, 1.82) is 0 Å². The first-order valence-electron chi connectivity index (χ1n) is 13.0. The summed E-state index contributed by atoms with van der Waals surface area (Å²) in [6, 6.07) is 59.5. The maximum absolute atomic E-state index is 2.34. The van der Waals surface area contributed by atoms with Gasteiger partial charge in [0.1, 0.15) is 8.80 Å². The molecular formula is C36H28SSi. The van der Waals surface area contributed by atoms with Crippen molar-refractivity contribution in [3.63, 3.8) is 0 Å². The van der Waals surface area contributed by atoms with Crippen LogP contribution in [-0.4, -0.2) is 8.80 Å². The zero-order valence-corrected chi connectivity index (χ0v) is 23.0. The molecule has 0 heterocycles. The zero-order chi connectivity index (χ0) is 25.6. The Morgan fingerprint density at radius 2 is 0.605 bits per heavy atom. The Labute approximate surface area is 231 Å². The molecule has 0 saturated heterocycles. The SMILES string of the molecule is c1ccc(-c2ccc(Sc3ccc([SiH](c4ccccc4)c4ccc(-c5ccccc5)cc4)cc3)cc2)cc1. The highest BCUT2D eigenvalue weighted by molar-refractivity contribution is 7.99. The van der Waals surface area contributed by atoms with Gasteiger partial charge in [-0.05, 0) is 46.5 Å². The van der Waals surface area contributed by atoms with E-state index in [4.69, 9.17) is 0 Å². The quantitative estimate of drug-likeness (QED) is 0.156. The van der Waals surface area contributed by atoms with E-state index in [2.05, 4.69) is 164 Å². The van der Waals surface area contributed by atoms with Crippen LogP contribution in [0.5, 0.6) is 0 Å². The Hall–Kier alpha value is -4.11. The van der Waals surface area contributed by atoms with Gasteiger partial charge in [0.25, 0.3) is 0 Å². The first kappa shape index (κ1) is 24.2. The number of rotatable bonds is 7. The van der Waals surface area contributed by atoms with E-state index in [9.17, 15) is 0 Å². The molecule has 0 saturated carbocycles. The van der Waals surface area contributed by atoms with Crippen LogP contribution in [0, 0.1) is 0 Å². The van der Waals surface area contributed by atoms with E-state index in [-0.39, 0.29) is 0 Å². The van der Waals surface area contributed by atoms with Gasteiger partial charge in [-0.1, -0.05) is 167 Å². The van der Waals surface area contributed by atoms with E-state index in [0.717, 1.165) is 0 Å². The lowest BCUT2D eigenvalue weighted by Gasteiger charge is -2.18. The molecule has 0 aliphatic rings. The normalized spacial score (nSPS) is 11.7. The Bertz CT molecular complexity index is 1580. The fourth-order valence-corrected chi connectivity index (χ4v) is 8.66. The van der Waals surface area contributed by atoms with Crippen molar-refractivity contribution in [1.82, 2.24) is 0 Å². The molecule has 0 amide bonds. The Morgan fingerprint density at radius 1 is 0.289 bits per heavy atom. The van der Waals surface area contributed by atoms with Crippen LogP contribution in [0.4, 0.5) is 0 Å². The summed E-state index contributed by atoms with van der Waals surface area (Å²) in [5.74, 6) is 0. The maximum atomic E-state index is 2.34. The van der Waals surface area contributed by atoms with Crippen molar-refractivity contribution in [2.45, 2.75) is 9.79 Å². The molecule has 0 aliphatic heterocycles. The molecule has 2 heteroatoms. The number of hydrogen-bond donors (Lipinski definition) is 0. The molecule has 0 spiro atoms. The Kier molecular flexibility index (Phi) is 7.34. The maximum Gasteiger partial charge on any atom is 0.132 e. The summed E-state index contributed by atoms with van der Waals surface area (Å²) in [5, 5.41) is 4.32. The van der Waals surface area contributed by atoms with Gasteiger partial charge in [0.05, 0.1) is 0 Å². The summed E-state index contributed by atoms with van der Waals surface area (Å²) < 4.78 is 0. The largest absolute Gasteiger partial charge is 0.132 e. The first-order valence-corrected chi connectivity index (χ1v) is 15.5. The summed E-state index contributed by atoms with van der Waals surface area (Å²) >= 11 is 1.82. The second-order valence-corrected chi connectivity index (χ2v) is 13.4. The fraction of sp³-hybridized carbons (Fsp3) is 0. The van der Waals surface area contributed by atoms with Crippen molar-refractivity contribution in [3.05, 3.63) is 164 Å². The van der Waals surface area contributed by atoms with Gasteiger partial charge in [-0.3, -0.25) is 0 Å². The lowest BCUT2D eigenvalue weighted by molar-refractivity contribution is 1.41. The van der Waals surface area contributed by atoms with Crippen LogP contribution in [-0.2, 0) is 0 Å². The second-order valence-electron chi connectivity index (χ2n) is 9.39. The third-order valence-electron chi connectivity index (χ3n) is 6.89. The molecule has 6 aromatic carbocycles. The summed E-state index contributed by atoms with van der Waals surface area (Å²) in [4.78, 5) is 2.52. The minimum atomic E-state index is -1.58. The molecule has 0 aromatic heterocycles. The highest BCUT2D eigenvalue weighted by Crippen LogP contribution is 2.29. The summed E-state index contributed by atoms with van der Waals surface area (Å²) in [6.07, 6.45) is 0. The summed E-state index contributed by atoms with van der Waals surface area (Å²) in [5.41, 5.74) is 5.03. The molecule has 6 rings (SSSR count). The van der Waals surface area contributed by atoms with Gasteiger partial charge in [0, 0.05) is 9.79 Å². The first-order chi connectivity index (χ1) is 18.8. The minimum Gasteiger partial charge on any atom is -0.0901 e. The van der Waals surface area contributed by atoms with E-state index in [0.29, 0.717) is 0 Å². The lowest BCUT2D eigenvalue weighted by atomic mass is 10.1. The molecule has 0 nitrogen and oxygen atoms in total. The van der Waals surface area contributed by atoms with Crippen LogP contribution in [0.3, 0.4) is 0 Å². The van der Waals surface area contributed by atoms with E-state index in [1.54, 1.807) is 0 Å². The number of hydrogen-bond acceptors (Lipinski definition) is 1. The van der Waals surface area contributed by atoms with Crippen LogP contribution in [0.1, 0.15) is 0 Å². The average molecular weight is 521 g/mol. The van der Waals surface area contributed by atoms with Crippen LogP contribution >= 0.6 is 11.8 Å². The fourth-order valence-electron chi connectivity index (χ4n) is 4.93. The zero-order valence-electron chi connectivity index (χ0n) is 21.1. The topological polar surface area (TPSA) is 0 Å². The van der Waals surface area contributed by atoms with E-state index >= 15 is 0 Å². The van der Waals surface area contributed by atoms with Gasteiger partial charge in [-0.2, -0.15) is 0 Å². The van der Waals surface area contributed by atoms with Gasteiger partial charge in [-0.15, -0.1) is 0 Å². The van der Waals surface area contributed by atoms with E-state index in [1.807, 2.05) is 11.8 Å². The molecule has 0 N–H and O–H groups in total. The average Bonchev–Trinajstić information content (AvgIpc) is 3.00. The number of benzene rings is 6. The second kappa shape index (κ2) is 11.5. The molecular weight excluding hydrogens is 493 g/mol. The van der Waals surface area contributed by atoms with Crippen molar-refractivity contribution in [3.8, 4) is 22.3 Å². The molecule has 182 valence electrons. The molecule has 6 aromatic rings. The van der Waals surface area contributed by atoms with Crippen molar-refractivity contribution >= 4 is 36.1 Å². The smallest absolute Gasteiger partial charge is 0.0901 e. The van der Waals surface area contributed by atoms with Crippen LogP contribution in [0.25, 0.3) is 22.3 Å². The van der Waals surface area contributed by atoms with Gasteiger partial charge in [0.2, 0.25) is 0 Å². The van der Waals surface area contributed by atoms with E-state index < -0.39 is 8.80 Å². The van der Waals surface area contributed by atoms with Gasteiger partial charge in [-0.25, -0.2) is 0 Å². The van der Waals surface area contributed by atoms with Crippen LogP contribution in [0.2, 0.25) is 0 Å². The lowest BCUT2D eigenvalue weighted by Crippen LogP contribution is -2.51. The van der Waals surface area contributed by atoms with Gasteiger partial charge in [0.15, 0.2) is 0 Å². The van der Waals surface area contributed by atoms with Crippen LogP contribution in [0.15, 0.2) is 174 Å². The van der Waals surface area contributed by atoms with Crippen molar-refractivity contribution < 1.29 is 0 Å².